The normalized spacial score (nSPS) is 10.2. The first-order chi connectivity index (χ1) is 8.56. The van der Waals surface area contributed by atoms with Gasteiger partial charge in [0, 0.05) is 23.9 Å². The van der Waals surface area contributed by atoms with Crippen molar-refractivity contribution in [3.05, 3.63) is 52.4 Å². The van der Waals surface area contributed by atoms with Crippen LogP contribution in [0, 0.1) is 5.82 Å². The number of ether oxygens (including phenoxy) is 1. The first-order valence-electron chi connectivity index (χ1n) is 5.16. The second-order valence-corrected chi connectivity index (χ2v) is 4.47. The molecule has 0 aliphatic rings. The predicted molar refractivity (Wildman–Crippen MR) is 68.4 cm³/mol. The lowest BCUT2D eigenvalue weighted by molar-refractivity contribution is 0.101. The van der Waals surface area contributed by atoms with Crippen molar-refractivity contribution >= 4 is 21.7 Å². The summed E-state index contributed by atoms with van der Waals surface area (Å²) in [5.41, 5.74) is 0.501. The number of aromatic nitrogens is 1. The van der Waals surface area contributed by atoms with Crippen LogP contribution < -0.4 is 4.74 Å². The van der Waals surface area contributed by atoms with E-state index in [1.165, 1.54) is 25.3 Å². The van der Waals surface area contributed by atoms with E-state index in [-0.39, 0.29) is 5.78 Å². The number of ketones is 1. The molecular formula is C13H9BrFNO2. The Bertz CT molecular complexity index is 584. The Morgan fingerprint density at radius 1 is 1.33 bits per heavy atom. The van der Waals surface area contributed by atoms with E-state index < -0.39 is 5.82 Å². The summed E-state index contributed by atoms with van der Waals surface area (Å²) in [7, 11) is 0. The van der Waals surface area contributed by atoms with Crippen molar-refractivity contribution in [1.82, 2.24) is 4.98 Å². The summed E-state index contributed by atoms with van der Waals surface area (Å²) < 4.78 is 19.1. The first-order valence-corrected chi connectivity index (χ1v) is 5.95. The van der Waals surface area contributed by atoms with E-state index >= 15 is 0 Å². The van der Waals surface area contributed by atoms with Gasteiger partial charge in [-0.05, 0) is 41.1 Å². The van der Waals surface area contributed by atoms with Crippen LogP contribution in [0.3, 0.4) is 0 Å². The third-order valence-electron chi connectivity index (χ3n) is 2.25. The van der Waals surface area contributed by atoms with Crippen LogP contribution in [-0.4, -0.2) is 10.8 Å². The zero-order valence-electron chi connectivity index (χ0n) is 9.48. The lowest BCUT2D eigenvalue weighted by atomic mass is 10.2. The Balaban J connectivity index is 2.23. The highest BCUT2D eigenvalue weighted by atomic mass is 79.9. The van der Waals surface area contributed by atoms with Gasteiger partial charge in [-0.25, -0.2) is 9.37 Å². The standard InChI is InChI=1S/C13H9BrFNO2/c1-8(17)9-2-5-13(16-7-9)18-12-6-10(15)3-4-11(12)14/h2-7H,1H3. The average Bonchev–Trinajstić information content (AvgIpc) is 2.34. The fraction of sp³-hybridized carbons (Fsp3) is 0.0769. The zero-order chi connectivity index (χ0) is 13.1. The summed E-state index contributed by atoms with van der Waals surface area (Å²) in [5, 5.41) is 0. The fourth-order valence-corrected chi connectivity index (χ4v) is 1.64. The molecule has 0 unspecified atom stereocenters. The second-order valence-electron chi connectivity index (χ2n) is 3.62. The summed E-state index contributed by atoms with van der Waals surface area (Å²) in [6, 6.07) is 7.30. The van der Waals surface area contributed by atoms with Crippen LogP contribution in [0.2, 0.25) is 0 Å². The number of rotatable bonds is 3. The van der Waals surface area contributed by atoms with Crippen LogP contribution in [0.4, 0.5) is 4.39 Å². The Kier molecular flexibility index (Phi) is 3.72. The van der Waals surface area contributed by atoms with Crippen molar-refractivity contribution in [2.45, 2.75) is 6.92 Å². The molecule has 0 spiro atoms. The van der Waals surface area contributed by atoms with Gasteiger partial charge >= 0.3 is 0 Å². The molecular weight excluding hydrogens is 301 g/mol. The molecule has 1 aromatic heterocycles. The largest absolute Gasteiger partial charge is 0.438 e. The molecule has 0 saturated carbocycles. The van der Waals surface area contributed by atoms with Crippen LogP contribution in [-0.2, 0) is 0 Å². The SMILES string of the molecule is CC(=O)c1ccc(Oc2cc(F)ccc2Br)nc1. The van der Waals surface area contributed by atoms with E-state index in [9.17, 15) is 9.18 Å². The molecule has 1 heterocycles. The number of pyridine rings is 1. The minimum absolute atomic E-state index is 0.0685. The van der Waals surface area contributed by atoms with Gasteiger partial charge in [0.25, 0.3) is 0 Å². The maximum absolute atomic E-state index is 13.1. The number of carbonyl (C=O) groups is 1. The lowest BCUT2D eigenvalue weighted by Crippen LogP contribution is -1.95. The molecule has 1 aromatic carbocycles. The first kappa shape index (κ1) is 12.7. The molecule has 0 radical (unpaired) electrons. The van der Waals surface area contributed by atoms with E-state index in [0.29, 0.717) is 21.7 Å². The molecule has 0 aliphatic heterocycles. The summed E-state index contributed by atoms with van der Waals surface area (Å²) in [6.45, 7) is 1.46. The van der Waals surface area contributed by atoms with E-state index in [1.54, 1.807) is 18.2 Å². The van der Waals surface area contributed by atoms with E-state index in [0.717, 1.165) is 0 Å². The topological polar surface area (TPSA) is 39.2 Å². The maximum atomic E-state index is 13.1. The lowest BCUT2D eigenvalue weighted by Gasteiger charge is -2.07. The molecule has 2 aromatic rings. The predicted octanol–water partition coefficient (Wildman–Crippen LogP) is 3.98. The third-order valence-corrected chi connectivity index (χ3v) is 2.91. The Morgan fingerprint density at radius 3 is 2.72 bits per heavy atom. The minimum atomic E-state index is -0.395. The molecule has 2 rings (SSSR count). The van der Waals surface area contributed by atoms with Gasteiger partial charge in [-0.2, -0.15) is 0 Å². The number of halogens is 2. The average molecular weight is 310 g/mol. The Labute approximate surface area is 112 Å². The van der Waals surface area contributed by atoms with Gasteiger partial charge in [-0.1, -0.05) is 0 Å². The van der Waals surface area contributed by atoms with Crippen LogP contribution in [0.5, 0.6) is 11.6 Å². The van der Waals surface area contributed by atoms with Crippen LogP contribution >= 0.6 is 15.9 Å². The Hall–Kier alpha value is -1.75. The number of hydrogen-bond donors (Lipinski definition) is 0. The highest BCUT2D eigenvalue weighted by molar-refractivity contribution is 9.10. The van der Waals surface area contributed by atoms with Gasteiger partial charge in [0.2, 0.25) is 5.88 Å². The second kappa shape index (κ2) is 5.27. The molecule has 92 valence electrons. The van der Waals surface area contributed by atoms with E-state index in [1.807, 2.05) is 0 Å². The molecule has 0 aliphatic carbocycles. The van der Waals surface area contributed by atoms with Gasteiger partial charge in [-0.15, -0.1) is 0 Å². The van der Waals surface area contributed by atoms with E-state index in [4.69, 9.17) is 4.74 Å². The van der Waals surface area contributed by atoms with Crippen LogP contribution in [0.15, 0.2) is 41.0 Å². The number of Topliss-reactive ketones (excluding diaryl/α,β-unsaturated/α-hetero) is 1. The van der Waals surface area contributed by atoms with Gasteiger partial charge in [-0.3, -0.25) is 4.79 Å². The molecule has 0 fully saturated rings. The van der Waals surface area contributed by atoms with Crippen molar-refractivity contribution in [3.8, 4) is 11.6 Å². The van der Waals surface area contributed by atoms with Crippen molar-refractivity contribution in [1.29, 1.82) is 0 Å². The molecule has 0 atom stereocenters. The highest BCUT2D eigenvalue weighted by Crippen LogP contribution is 2.29. The van der Waals surface area contributed by atoms with Crippen molar-refractivity contribution in [2.24, 2.45) is 0 Å². The van der Waals surface area contributed by atoms with Crippen molar-refractivity contribution in [3.63, 3.8) is 0 Å². The summed E-state index contributed by atoms with van der Waals surface area (Å²) in [4.78, 5) is 15.1. The summed E-state index contributed by atoms with van der Waals surface area (Å²) >= 11 is 3.25. The Morgan fingerprint density at radius 2 is 2.11 bits per heavy atom. The van der Waals surface area contributed by atoms with Gasteiger partial charge in [0.15, 0.2) is 5.78 Å². The van der Waals surface area contributed by atoms with Gasteiger partial charge in [0.05, 0.1) is 4.47 Å². The quantitative estimate of drug-likeness (QED) is 0.805. The van der Waals surface area contributed by atoms with Crippen LogP contribution in [0.25, 0.3) is 0 Å². The fourth-order valence-electron chi connectivity index (χ4n) is 1.32. The van der Waals surface area contributed by atoms with Gasteiger partial charge < -0.3 is 4.74 Å². The number of carbonyl (C=O) groups excluding carboxylic acids is 1. The molecule has 0 N–H and O–H groups in total. The molecule has 3 nitrogen and oxygen atoms in total. The summed E-state index contributed by atoms with van der Waals surface area (Å²) in [5.74, 6) is 0.166. The third kappa shape index (κ3) is 2.92. The van der Waals surface area contributed by atoms with Crippen molar-refractivity contribution < 1.29 is 13.9 Å². The van der Waals surface area contributed by atoms with Gasteiger partial charge in [0.1, 0.15) is 11.6 Å². The zero-order valence-corrected chi connectivity index (χ0v) is 11.1. The summed E-state index contributed by atoms with van der Waals surface area (Å²) in [6.07, 6.45) is 1.42. The number of hydrogen-bond acceptors (Lipinski definition) is 3. The highest BCUT2D eigenvalue weighted by Gasteiger charge is 2.06. The number of nitrogens with zero attached hydrogens (tertiary/aromatic N) is 1. The van der Waals surface area contributed by atoms with Crippen LogP contribution in [0.1, 0.15) is 17.3 Å². The molecule has 0 saturated heterocycles. The molecule has 18 heavy (non-hydrogen) atoms. The minimum Gasteiger partial charge on any atom is -0.438 e. The maximum Gasteiger partial charge on any atom is 0.219 e. The van der Waals surface area contributed by atoms with Crippen molar-refractivity contribution in [2.75, 3.05) is 0 Å². The van der Waals surface area contributed by atoms with E-state index in [2.05, 4.69) is 20.9 Å². The molecule has 5 heteroatoms. The number of benzene rings is 1. The smallest absolute Gasteiger partial charge is 0.219 e. The monoisotopic (exact) mass is 309 g/mol. The molecule has 0 amide bonds. The molecule has 0 bridgehead atoms.